The Morgan fingerprint density at radius 2 is 1.78 bits per heavy atom. The van der Waals surface area contributed by atoms with Gasteiger partial charge in [-0.2, -0.15) is 0 Å². The molecule has 2 aliphatic heterocycles. The Bertz CT molecular complexity index is 1290. The highest BCUT2D eigenvalue weighted by molar-refractivity contribution is 6.03. The normalized spacial score (nSPS) is 15.8. The summed E-state index contributed by atoms with van der Waals surface area (Å²) < 4.78 is 5.97. The van der Waals surface area contributed by atoms with Gasteiger partial charge in [0, 0.05) is 70.0 Å². The molecule has 0 spiro atoms. The lowest BCUT2D eigenvalue weighted by atomic mass is 10.1. The Morgan fingerprint density at radius 3 is 2.59 bits per heavy atom. The number of ether oxygens (including phenoxy) is 1. The highest BCUT2D eigenvalue weighted by Crippen LogP contribution is 2.33. The molecule has 3 heterocycles. The lowest BCUT2D eigenvalue weighted by Crippen LogP contribution is -2.43. The molecule has 192 valence electrons. The molecule has 9 nitrogen and oxygen atoms in total. The summed E-state index contributed by atoms with van der Waals surface area (Å²) in [6.07, 6.45) is 2.28. The van der Waals surface area contributed by atoms with Crippen molar-refractivity contribution < 1.29 is 14.3 Å². The van der Waals surface area contributed by atoms with Crippen molar-refractivity contribution in [2.24, 2.45) is 0 Å². The molecule has 2 aromatic carbocycles. The van der Waals surface area contributed by atoms with Gasteiger partial charge in [-0.05, 0) is 61.0 Å². The van der Waals surface area contributed by atoms with Crippen LogP contribution in [0.1, 0.15) is 21.6 Å². The number of hydrogen-bond donors (Lipinski definition) is 2. The second-order valence-corrected chi connectivity index (χ2v) is 9.46. The molecule has 37 heavy (non-hydrogen) atoms. The molecule has 9 heteroatoms. The van der Waals surface area contributed by atoms with Gasteiger partial charge in [0.2, 0.25) is 0 Å². The largest absolute Gasteiger partial charge is 0.457 e. The van der Waals surface area contributed by atoms with E-state index in [-0.39, 0.29) is 17.6 Å². The molecule has 5 rings (SSSR count). The number of carbonyl (C=O) groups is 2. The van der Waals surface area contributed by atoms with Crippen LogP contribution in [0.2, 0.25) is 0 Å². The molecule has 3 aromatic rings. The third-order valence-electron chi connectivity index (χ3n) is 6.80. The standard InChI is InChI=1S/C28H32N6O3/c1-29-27(35)25-18-24(8-10-30-25)37-23-6-7-26-21(17-23)9-11-34(26)28(36)31-22-5-3-4-20(16-22)19-33-14-12-32(2)13-15-33/h3-8,10,16-18H,9,11-15,19H2,1-2H3,(H,29,35)(H,31,36). The van der Waals surface area contributed by atoms with Crippen molar-refractivity contribution in [1.29, 1.82) is 0 Å². The fourth-order valence-electron chi connectivity index (χ4n) is 4.72. The maximum atomic E-state index is 13.1. The average Bonchev–Trinajstić information content (AvgIpc) is 3.33. The monoisotopic (exact) mass is 500 g/mol. The number of piperazine rings is 1. The van der Waals surface area contributed by atoms with Gasteiger partial charge in [0.05, 0.1) is 0 Å². The molecular weight excluding hydrogens is 468 g/mol. The fraction of sp³-hybridized carbons (Fsp3) is 0.321. The van der Waals surface area contributed by atoms with E-state index in [2.05, 4.69) is 44.6 Å². The molecule has 0 atom stereocenters. The van der Waals surface area contributed by atoms with Gasteiger partial charge in [0.25, 0.3) is 5.91 Å². The molecule has 0 aliphatic carbocycles. The Labute approximate surface area is 217 Å². The number of aromatic nitrogens is 1. The highest BCUT2D eigenvalue weighted by Gasteiger charge is 2.25. The van der Waals surface area contributed by atoms with Crippen molar-refractivity contribution >= 4 is 23.3 Å². The van der Waals surface area contributed by atoms with Crippen molar-refractivity contribution in [3.63, 3.8) is 0 Å². The lowest BCUT2D eigenvalue weighted by Gasteiger charge is -2.32. The summed E-state index contributed by atoms with van der Waals surface area (Å²) >= 11 is 0. The Kier molecular flexibility index (Phi) is 7.34. The third kappa shape index (κ3) is 5.90. The van der Waals surface area contributed by atoms with Crippen molar-refractivity contribution in [3.8, 4) is 11.5 Å². The minimum Gasteiger partial charge on any atom is -0.457 e. The van der Waals surface area contributed by atoms with Crippen molar-refractivity contribution in [2.45, 2.75) is 13.0 Å². The van der Waals surface area contributed by atoms with Crippen LogP contribution >= 0.6 is 0 Å². The first kappa shape index (κ1) is 24.7. The number of carbonyl (C=O) groups excluding carboxylic acids is 2. The third-order valence-corrected chi connectivity index (χ3v) is 6.80. The van der Waals surface area contributed by atoms with E-state index in [0.717, 1.165) is 56.1 Å². The number of urea groups is 1. The quantitative estimate of drug-likeness (QED) is 0.538. The number of benzene rings is 2. The molecular formula is C28H32N6O3. The zero-order valence-electron chi connectivity index (χ0n) is 21.2. The smallest absolute Gasteiger partial charge is 0.326 e. The number of amides is 3. The Balaban J connectivity index is 1.22. The molecule has 1 saturated heterocycles. The van der Waals surface area contributed by atoms with Crippen LogP contribution in [0, 0.1) is 0 Å². The second-order valence-electron chi connectivity index (χ2n) is 9.46. The average molecular weight is 501 g/mol. The van der Waals surface area contributed by atoms with E-state index in [9.17, 15) is 9.59 Å². The van der Waals surface area contributed by atoms with Crippen LogP contribution in [0.3, 0.4) is 0 Å². The molecule has 1 aromatic heterocycles. The van der Waals surface area contributed by atoms with E-state index in [4.69, 9.17) is 4.74 Å². The summed E-state index contributed by atoms with van der Waals surface area (Å²) in [5.74, 6) is 0.898. The van der Waals surface area contributed by atoms with Crippen LogP contribution in [-0.4, -0.2) is 73.5 Å². The number of rotatable bonds is 6. The van der Waals surface area contributed by atoms with E-state index >= 15 is 0 Å². The zero-order valence-corrected chi connectivity index (χ0v) is 21.2. The van der Waals surface area contributed by atoms with E-state index in [1.54, 1.807) is 30.3 Å². The van der Waals surface area contributed by atoms with Crippen LogP contribution in [0.4, 0.5) is 16.2 Å². The fourth-order valence-corrected chi connectivity index (χ4v) is 4.72. The topological polar surface area (TPSA) is 90.0 Å². The SMILES string of the molecule is CNC(=O)c1cc(Oc2ccc3c(c2)CCN3C(=O)Nc2cccc(CN3CCN(C)CC3)c2)ccn1. The summed E-state index contributed by atoms with van der Waals surface area (Å²) in [5, 5.41) is 5.63. The maximum absolute atomic E-state index is 13.1. The number of nitrogens with one attached hydrogen (secondary N) is 2. The number of pyridine rings is 1. The van der Waals surface area contributed by atoms with Crippen molar-refractivity contribution in [1.82, 2.24) is 20.1 Å². The number of anilines is 2. The predicted octanol–water partition coefficient (Wildman–Crippen LogP) is 3.58. The number of nitrogens with zero attached hydrogens (tertiary/aromatic N) is 4. The molecule has 0 saturated carbocycles. The molecule has 0 radical (unpaired) electrons. The molecule has 2 aliphatic rings. The van der Waals surface area contributed by atoms with Gasteiger partial charge in [-0.15, -0.1) is 0 Å². The van der Waals surface area contributed by atoms with Crippen molar-refractivity contribution in [2.75, 3.05) is 57.0 Å². The van der Waals surface area contributed by atoms with E-state index in [0.29, 0.717) is 18.0 Å². The van der Waals surface area contributed by atoms with Gasteiger partial charge in [0.1, 0.15) is 17.2 Å². The van der Waals surface area contributed by atoms with Gasteiger partial charge in [-0.25, -0.2) is 4.79 Å². The molecule has 2 N–H and O–H groups in total. The summed E-state index contributed by atoms with van der Waals surface area (Å²) in [5.41, 5.74) is 4.20. The Morgan fingerprint density at radius 1 is 0.973 bits per heavy atom. The van der Waals surface area contributed by atoms with Gasteiger partial charge in [-0.1, -0.05) is 12.1 Å². The molecule has 0 bridgehead atoms. The number of likely N-dealkylation sites (N-methyl/N-ethyl adjacent to an activating group) is 1. The zero-order chi connectivity index (χ0) is 25.8. The van der Waals surface area contributed by atoms with Crippen molar-refractivity contribution in [3.05, 3.63) is 77.6 Å². The first-order valence-electron chi connectivity index (χ1n) is 12.6. The van der Waals surface area contributed by atoms with Crippen LogP contribution in [0.15, 0.2) is 60.8 Å². The lowest BCUT2D eigenvalue weighted by molar-refractivity contribution is 0.0958. The van der Waals surface area contributed by atoms with Gasteiger partial charge >= 0.3 is 6.03 Å². The predicted molar refractivity (Wildman–Crippen MR) is 143 cm³/mol. The van der Waals surface area contributed by atoms with Gasteiger partial charge < -0.3 is 20.3 Å². The first-order chi connectivity index (χ1) is 18.0. The Hall–Kier alpha value is -3.95. The van der Waals surface area contributed by atoms with Crippen LogP contribution < -0.4 is 20.3 Å². The minimum atomic E-state index is -0.272. The van der Waals surface area contributed by atoms with Gasteiger partial charge in [-0.3, -0.25) is 19.6 Å². The van der Waals surface area contributed by atoms with Crippen LogP contribution in [-0.2, 0) is 13.0 Å². The minimum absolute atomic E-state index is 0.145. The number of fused-ring (bicyclic) bond motifs is 1. The van der Waals surface area contributed by atoms with E-state index in [1.165, 1.54) is 5.56 Å². The first-order valence-corrected chi connectivity index (χ1v) is 12.6. The van der Waals surface area contributed by atoms with Crippen LogP contribution in [0.5, 0.6) is 11.5 Å². The number of hydrogen-bond acceptors (Lipinski definition) is 6. The molecule has 1 fully saturated rings. The summed E-state index contributed by atoms with van der Waals surface area (Å²) in [6, 6.07) is 16.9. The summed E-state index contributed by atoms with van der Waals surface area (Å²) in [6.45, 7) is 5.75. The van der Waals surface area contributed by atoms with E-state index in [1.807, 2.05) is 30.3 Å². The second kappa shape index (κ2) is 11.0. The van der Waals surface area contributed by atoms with E-state index < -0.39 is 0 Å². The maximum Gasteiger partial charge on any atom is 0.326 e. The van der Waals surface area contributed by atoms with Crippen LogP contribution in [0.25, 0.3) is 0 Å². The summed E-state index contributed by atoms with van der Waals surface area (Å²) in [7, 11) is 3.72. The molecule has 0 unspecified atom stereocenters. The van der Waals surface area contributed by atoms with Gasteiger partial charge in [0.15, 0.2) is 0 Å². The molecule has 3 amide bonds. The summed E-state index contributed by atoms with van der Waals surface area (Å²) in [4.78, 5) is 35.6. The highest BCUT2D eigenvalue weighted by atomic mass is 16.5.